The Hall–Kier alpha value is -2.65. The van der Waals surface area contributed by atoms with Gasteiger partial charge in [-0.05, 0) is 37.1 Å². The number of halogens is 3. The van der Waals surface area contributed by atoms with Gasteiger partial charge in [0.25, 0.3) is 5.91 Å². The molecule has 1 aliphatic heterocycles. The van der Waals surface area contributed by atoms with Crippen LogP contribution < -0.4 is 4.90 Å². The molecule has 1 aromatic carbocycles. The van der Waals surface area contributed by atoms with E-state index in [9.17, 15) is 18.0 Å². The molecule has 1 atom stereocenters. The number of alkyl halides is 3. The summed E-state index contributed by atoms with van der Waals surface area (Å²) < 4.78 is 49.9. The minimum atomic E-state index is -4.43. The van der Waals surface area contributed by atoms with Gasteiger partial charge in [-0.3, -0.25) is 9.69 Å². The number of aromatic nitrogens is 1. The molecule has 0 spiro atoms. The van der Waals surface area contributed by atoms with Crippen LogP contribution >= 0.6 is 11.3 Å². The first-order chi connectivity index (χ1) is 13.9. The van der Waals surface area contributed by atoms with Gasteiger partial charge in [0.05, 0.1) is 30.2 Å². The Bertz CT molecular complexity index is 979. The summed E-state index contributed by atoms with van der Waals surface area (Å²) in [6, 6.07) is 8.15. The van der Waals surface area contributed by atoms with Crippen LogP contribution in [0.3, 0.4) is 0 Å². The minimum absolute atomic E-state index is 0.116. The molecule has 0 radical (unpaired) electrons. The van der Waals surface area contributed by atoms with Gasteiger partial charge >= 0.3 is 6.18 Å². The van der Waals surface area contributed by atoms with Gasteiger partial charge in [-0.2, -0.15) is 13.2 Å². The molecule has 5 nitrogen and oxygen atoms in total. The Morgan fingerprint density at radius 2 is 2.14 bits per heavy atom. The second-order valence-corrected chi connectivity index (χ2v) is 7.46. The van der Waals surface area contributed by atoms with E-state index in [1.165, 1.54) is 28.6 Å². The Morgan fingerprint density at radius 1 is 1.28 bits per heavy atom. The van der Waals surface area contributed by atoms with E-state index in [4.69, 9.17) is 9.15 Å². The van der Waals surface area contributed by atoms with Crippen LogP contribution in [0.4, 0.5) is 18.3 Å². The molecule has 9 heteroatoms. The molecule has 4 rings (SSSR count). The van der Waals surface area contributed by atoms with Crippen molar-refractivity contribution in [2.45, 2.75) is 25.1 Å². The van der Waals surface area contributed by atoms with Gasteiger partial charge in [-0.15, -0.1) is 11.3 Å². The summed E-state index contributed by atoms with van der Waals surface area (Å²) in [7, 11) is 0. The fraction of sp³-hybridized carbons (Fsp3) is 0.300. The van der Waals surface area contributed by atoms with Crippen molar-refractivity contribution in [3.05, 3.63) is 59.4 Å². The number of rotatable bonds is 5. The highest BCUT2D eigenvalue weighted by molar-refractivity contribution is 7.14. The molecule has 1 saturated heterocycles. The third-order valence-corrected chi connectivity index (χ3v) is 5.46. The van der Waals surface area contributed by atoms with Crippen LogP contribution in [0.2, 0.25) is 0 Å². The maximum atomic E-state index is 13.0. The molecular formula is C20H17F3N2O3S. The largest absolute Gasteiger partial charge is 0.459 e. The molecule has 3 heterocycles. The van der Waals surface area contributed by atoms with Crippen LogP contribution in [0, 0.1) is 0 Å². The topological polar surface area (TPSA) is 55.6 Å². The zero-order valence-electron chi connectivity index (χ0n) is 15.2. The van der Waals surface area contributed by atoms with Crippen molar-refractivity contribution in [2.24, 2.45) is 0 Å². The summed E-state index contributed by atoms with van der Waals surface area (Å²) in [5, 5.41) is 2.03. The predicted octanol–water partition coefficient (Wildman–Crippen LogP) is 5.25. The molecular weight excluding hydrogens is 405 g/mol. The van der Waals surface area contributed by atoms with E-state index in [0.717, 1.165) is 25.0 Å². The number of hydrogen-bond acceptors (Lipinski definition) is 5. The highest BCUT2D eigenvalue weighted by Crippen LogP contribution is 2.34. The number of carbonyl (C=O) groups is 1. The van der Waals surface area contributed by atoms with E-state index in [-0.39, 0.29) is 17.8 Å². The zero-order chi connectivity index (χ0) is 20.4. The minimum Gasteiger partial charge on any atom is -0.459 e. The van der Waals surface area contributed by atoms with Crippen LogP contribution in [-0.2, 0) is 10.9 Å². The predicted molar refractivity (Wildman–Crippen MR) is 102 cm³/mol. The van der Waals surface area contributed by atoms with E-state index in [1.807, 2.05) is 0 Å². The van der Waals surface area contributed by atoms with Crippen LogP contribution in [0.5, 0.6) is 0 Å². The second-order valence-electron chi connectivity index (χ2n) is 6.62. The number of thiazole rings is 1. The second kappa shape index (κ2) is 8.00. The third-order valence-electron chi connectivity index (χ3n) is 4.60. The number of benzene rings is 1. The summed E-state index contributed by atoms with van der Waals surface area (Å²) in [5.41, 5.74) is -0.0297. The van der Waals surface area contributed by atoms with E-state index < -0.39 is 11.7 Å². The summed E-state index contributed by atoms with van der Waals surface area (Å²) >= 11 is 1.19. The highest BCUT2D eigenvalue weighted by Gasteiger charge is 2.31. The van der Waals surface area contributed by atoms with Crippen molar-refractivity contribution < 1.29 is 27.1 Å². The lowest BCUT2D eigenvalue weighted by molar-refractivity contribution is -0.137. The van der Waals surface area contributed by atoms with Gasteiger partial charge in [-0.25, -0.2) is 4.98 Å². The quantitative estimate of drug-likeness (QED) is 0.564. The van der Waals surface area contributed by atoms with E-state index in [2.05, 4.69) is 4.98 Å². The molecule has 1 aliphatic rings. The van der Waals surface area contributed by atoms with Gasteiger partial charge in [-0.1, -0.05) is 12.1 Å². The van der Waals surface area contributed by atoms with E-state index in [0.29, 0.717) is 29.5 Å². The third kappa shape index (κ3) is 4.35. The Labute approximate surface area is 168 Å². The number of nitrogens with zero attached hydrogens (tertiary/aromatic N) is 2. The average Bonchev–Trinajstić information content (AvgIpc) is 3.48. The maximum absolute atomic E-state index is 13.0. The first-order valence-corrected chi connectivity index (χ1v) is 9.90. The molecule has 0 N–H and O–H groups in total. The molecule has 1 fully saturated rings. The number of anilines is 1. The van der Waals surface area contributed by atoms with Crippen LogP contribution in [0.25, 0.3) is 11.3 Å². The van der Waals surface area contributed by atoms with Gasteiger partial charge in [0.15, 0.2) is 10.9 Å². The van der Waals surface area contributed by atoms with Crippen LogP contribution in [0.15, 0.2) is 52.5 Å². The van der Waals surface area contributed by atoms with Crippen LogP contribution in [-0.4, -0.2) is 30.1 Å². The van der Waals surface area contributed by atoms with Gasteiger partial charge in [0.1, 0.15) is 0 Å². The summed E-state index contributed by atoms with van der Waals surface area (Å²) in [4.78, 5) is 18.8. The smallest absolute Gasteiger partial charge is 0.416 e. The number of ether oxygens (including phenoxy) is 1. The molecule has 2 aromatic heterocycles. The van der Waals surface area contributed by atoms with Crippen molar-refractivity contribution in [2.75, 3.05) is 18.1 Å². The van der Waals surface area contributed by atoms with Gasteiger partial charge < -0.3 is 9.15 Å². The van der Waals surface area contributed by atoms with Crippen molar-refractivity contribution in [1.29, 1.82) is 0 Å². The Morgan fingerprint density at radius 3 is 2.83 bits per heavy atom. The normalized spacial score (nSPS) is 16.9. The number of furan rings is 1. The summed E-state index contributed by atoms with van der Waals surface area (Å²) in [5.74, 6) is -0.200. The number of amides is 1. The lowest BCUT2D eigenvalue weighted by Gasteiger charge is -2.22. The first kappa shape index (κ1) is 19.7. The first-order valence-electron chi connectivity index (χ1n) is 9.02. The Kier molecular flexibility index (Phi) is 5.42. The standard InChI is InChI=1S/C20H17F3N2O3S/c21-20(22,23)14-5-1-4-13(10-14)16-12-29-19(24-16)25(11-15-6-2-8-27-15)18(26)17-7-3-9-28-17/h1,3-5,7,9-10,12,15H,2,6,8,11H2/t15-/m0/s1. The number of hydrogen-bond donors (Lipinski definition) is 0. The van der Waals surface area contributed by atoms with Crippen molar-refractivity contribution in [3.8, 4) is 11.3 Å². The fourth-order valence-electron chi connectivity index (χ4n) is 3.15. The molecule has 0 bridgehead atoms. The lowest BCUT2D eigenvalue weighted by atomic mass is 10.1. The lowest BCUT2D eigenvalue weighted by Crippen LogP contribution is -2.37. The SMILES string of the molecule is O=C(c1ccco1)N(C[C@@H]1CCCO1)c1nc(-c2cccc(C(F)(F)F)c2)cs1. The molecule has 0 saturated carbocycles. The van der Waals surface area contributed by atoms with E-state index in [1.54, 1.807) is 23.6 Å². The van der Waals surface area contributed by atoms with Crippen LogP contribution in [0.1, 0.15) is 29.0 Å². The number of carbonyl (C=O) groups excluding carboxylic acids is 1. The summed E-state index contributed by atoms with van der Waals surface area (Å²) in [6.07, 6.45) is -1.40. The zero-order valence-corrected chi connectivity index (χ0v) is 16.0. The van der Waals surface area contributed by atoms with E-state index >= 15 is 0 Å². The maximum Gasteiger partial charge on any atom is 0.416 e. The van der Waals surface area contributed by atoms with Crippen molar-refractivity contribution >= 4 is 22.4 Å². The fourth-order valence-corrected chi connectivity index (χ4v) is 3.99. The van der Waals surface area contributed by atoms with Gasteiger partial charge in [0.2, 0.25) is 0 Å². The molecule has 29 heavy (non-hydrogen) atoms. The highest BCUT2D eigenvalue weighted by atomic mass is 32.1. The average molecular weight is 422 g/mol. The molecule has 0 unspecified atom stereocenters. The van der Waals surface area contributed by atoms with Crippen molar-refractivity contribution in [3.63, 3.8) is 0 Å². The Balaban J connectivity index is 1.64. The molecule has 0 aliphatic carbocycles. The van der Waals surface area contributed by atoms with Crippen molar-refractivity contribution in [1.82, 2.24) is 4.98 Å². The molecule has 1 amide bonds. The molecule has 3 aromatic rings. The van der Waals surface area contributed by atoms with Gasteiger partial charge in [0, 0.05) is 17.6 Å². The molecule has 152 valence electrons. The monoisotopic (exact) mass is 422 g/mol. The summed E-state index contributed by atoms with van der Waals surface area (Å²) in [6.45, 7) is 0.940.